The number of hydrogen-bond acceptors (Lipinski definition) is 6. The first-order valence-corrected chi connectivity index (χ1v) is 5.79. The highest BCUT2D eigenvalue weighted by Crippen LogP contribution is 2.29. The van der Waals surface area contributed by atoms with Crippen molar-refractivity contribution in [1.29, 1.82) is 0 Å². The summed E-state index contributed by atoms with van der Waals surface area (Å²) in [6.07, 6.45) is 1.04. The summed E-state index contributed by atoms with van der Waals surface area (Å²) in [4.78, 5) is 17.9. The molecule has 0 fully saturated rings. The standard InChI is InChI=1S/C12H11FN4O3/c1-2-14-12-15-7-10(17(18)19)11(16-12)20-9-5-3-4-8(13)6-9/h3-7H,2H2,1H3,(H,14,15,16). The predicted molar refractivity (Wildman–Crippen MR) is 69.3 cm³/mol. The lowest BCUT2D eigenvalue weighted by Crippen LogP contribution is -2.05. The van der Waals surface area contributed by atoms with Crippen LogP contribution in [0.5, 0.6) is 11.6 Å². The van der Waals surface area contributed by atoms with Crippen molar-refractivity contribution in [2.45, 2.75) is 6.92 Å². The Morgan fingerprint density at radius 1 is 1.50 bits per heavy atom. The van der Waals surface area contributed by atoms with Gasteiger partial charge in [-0.15, -0.1) is 0 Å². The zero-order valence-corrected chi connectivity index (χ0v) is 10.5. The van der Waals surface area contributed by atoms with Crippen molar-refractivity contribution in [3.8, 4) is 11.6 Å². The monoisotopic (exact) mass is 278 g/mol. The van der Waals surface area contributed by atoms with Gasteiger partial charge in [0.15, 0.2) is 0 Å². The third-order valence-electron chi connectivity index (χ3n) is 2.28. The van der Waals surface area contributed by atoms with Crippen molar-refractivity contribution >= 4 is 11.6 Å². The molecule has 0 aliphatic rings. The van der Waals surface area contributed by atoms with Crippen molar-refractivity contribution in [3.63, 3.8) is 0 Å². The lowest BCUT2D eigenvalue weighted by atomic mass is 10.3. The Hall–Kier alpha value is -2.77. The van der Waals surface area contributed by atoms with Crippen molar-refractivity contribution in [2.24, 2.45) is 0 Å². The molecule has 2 rings (SSSR count). The highest BCUT2D eigenvalue weighted by Gasteiger charge is 2.19. The van der Waals surface area contributed by atoms with E-state index in [2.05, 4.69) is 15.3 Å². The Labute approximate surface area is 113 Å². The molecule has 0 saturated heterocycles. The molecule has 7 nitrogen and oxygen atoms in total. The summed E-state index contributed by atoms with van der Waals surface area (Å²) in [5, 5.41) is 13.7. The van der Waals surface area contributed by atoms with Gasteiger partial charge >= 0.3 is 11.6 Å². The third kappa shape index (κ3) is 3.16. The van der Waals surface area contributed by atoms with Crippen LogP contribution in [0.25, 0.3) is 0 Å². The van der Waals surface area contributed by atoms with E-state index in [9.17, 15) is 14.5 Å². The zero-order chi connectivity index (χ0) is 14.5. The highest BCUT2D eigenvalue weighted by atomic mass is 19.1. The fourth-order valence-electron chi connectivity index (χ4n) is 1.45. The molecule has 1 aromatic heterocycles. The molecule has 1 heterocycles. The van der Waals surface area contributed by atoms with Gasteiger partial charge in [0, 0.05) is 12.6 Å². The molecule has 0 spiro atoms. The first kappa shape index (κ1) is 13.7. The minimum Gasteiger partial charge on any atom is -0.433 e. The van der Waals surface area contributed by atoms with Gasteiger partial charge in [0.1, 0.15) is 17.8 Å². The largest absolute Gasteiger partial charge is 0.433 e. The number of aromatic nitrogens is 2. The van der Waals surface area contributed by atoms with Crippen LogP contribution in [0.2, 0.25) is 0 Å². The molecule has 0 aliphatic heterocycles. The highest BCUT2D eigenvalue weighted by molar-refractivity contribution is 5.45. The molecule has 2 aromatic rings. The van der Waals surface area contributed by atoms with E-state index in [1.54, 1.807) is 0 Å². The molecule has 0 aliphatic carbocycles. The number of nitrogens with zero attached hydrogens (tertiary/aromatic N) is 3. The second-order valence-corrected chi connectivity index (χ2v) is 3.73. The number of nitrogens with one attached hydrogen (secondary N) is 1. The summed E-state index contributed by atoms with van der Waals surface area (Å²) in [6.45, 7) is 2.38. The van der Waals surface area contributed by atoms with Crippen LogP contribution in [0.15, 0.2) is 30.5 Å². The number of ether oxygens (including phenoxy) is 1. The van der Waals surface area contributed by atoms with Gasteiger partial charge in [0.2, 0.25) is 5.95 Å². The van der Waals surface area contributed by atoms with Crippen LogP contribution < -0.4 is 10.1 Å². The van der Waals surface area contributed by atoms with E-state index < -0.39 is 16.4 Å². The van der Waals surface area contributed by atoms with Gasteiger partial charge in [-0.05, 0) is 19.1 Å². The van der Waals surface area contributed by atoms with Crippen LogP contribution in [0, 0.1) is 15.9 Å². The Morgan fingerprint density at radius 2 is 2.30 bits per heavy atom. The fourth-order valence-corrected chi connectivity index (χ4v) is 1.45. The maximum atomic E-state index is 13.1. The van der Waals surface area contributed by atoms with E-state index >= 15 is 0 Å². The summed E-state index contributed by atoms with van der Waals surface area (Å²) in [6, 6.07) is 5.26. The Morgan fingerprint density at radius 3 is 2.95 bits per heavy atom. The van der Waals surface area contributed by atoms with Crippen LogP contribution in [-0.2, 0) is 0 Å². The lowest BCUT2D eigenvalue weighted by molar-refractivity contribution is -0.386. The molecule has 0 unspecified atom stereocenters. The van der Waals surface area contributed by atoms with Crippen LogP contribution in [0.4, 0.5) is 16.0 Å². The summed E-state index contributed by atoms with van der Waals surface area (Å²) in [5.74, 6) is -0.434. The fraction of sp³-hybridized carbons (Fsp3) is 0.167. The van der Waals surface area contributed by atoms with E-state index in [0.29, 0.717) is 6.54 Å². The SMILES string of the molecule is CCNc1ncc([N+](=O)[O-])c(Oc2cccc(F)c2)n1. The Bertz CT molecular complexity index is 636. The van der Waals surface area contributed by atoms with E-state index in [0.717, 1.165) is 12.3 Å². The molecule has 0 bridgehead atoms. The van der Waals surface area contributed by atoms with Gasteiger partial charge in [0.25, 0.3) is 0 Å². The van der Waals surface area contributed by atoms with Gasteiger partial charge in [0.05, 0.1) is 4.92 Å². The molecule has 1 N–H and O–H groups in total. The molecule has 20 heavy (non-hydrogen) atoms. The average molecular weight is 278 g/mol. The summed E-state index contributed by atoms with van der Waals surface area (Å²) in [5.41, 5.74) is -0.393. The summed E-state index contributed by atoms with van der Waals surface area (Å²) >= 11 is 0. The third-order valence-corrected chi connectivity index (χ3v) is 2.28. The molecule has 104 valence electrons. The van der Waals surface area contributed by atoms with E-state index in [4.69, 9.17) is 4.74 Å². The Kier molecular flexibility index (Phi) is 4.04. The minimum atomic E-state index is -0.662. The van der Waals surface area contributed by atoms with Crippen LogP contribution >= 0.6 is 0 Å². The Balaban J connectivity index is 2.36. The number of benzene rings is 1. The molecule has 0 amide bonds. The molecule has 1 aromatic carbocycles. The normalized spacial score (nSPS) is 10.1. The molecular formula is C12H11FN4O3. The average Bonchev–Trinajstić information content (AvgIpc) is 2.39. The van der Waals surface area contributed by atoms with Crippen LogP contribution in [-0.4, -0.2) is 21.4 Å². The maximum absolute atomic E-state index is 13.1. The molecule has 8 heteroatoms. The van der Waals surface area contributed by atoms with Crippen molar-refractivity contribution in [1.82, 2.24) is 9.97 Å². The summed E-state index contributed by atoms with van der Waals surface area (Å²) < 4.78 is 18.3. The first-order valence-electron chi connectivity index (χ1n) is 5.79. The van der Waals surface area contributed by atoms with Gasteiger partial charge in [-0.3, -0.25) is 10.1 Å². The smallest absolute Gasteiger partial charge is 0.349 e. The first-order chi connectivity index (χ1) is 9.60. The second-order valence-electron chi connectivity index (χ2n) is 3.73. The van der Waals surface area contributed by atoms with Gasteiger partial charge in [-0.1, -0.05) is 6.07 Å². The van der Waals surface area contributed by atoms with E-state index in [-0.39, 0.29) is 17.6 Å². The van der Waals surface area contributed by atoms with Crippen molar-refractivity contribution in [3.05, 3.63) is 46.4 Å². The van der Waals surface area contributed by atoms with Crippen LogP contribution in [0.3, 0.4) is 0 Å². The van der Waals surface area contributed by atoms with E-state index in [1.165, 1.54) is 18.2 Å². The van der Waals surface area contributed by atoms with Gasteiger partial charge in [-0.25, -0.2) is 9.37 Å². The minimum absolute atomic E-state index is 0.120. The summed E-state index contributed by atoms with van der Waals surface area (Å²) in [7, 11) is 0. The quantitative estimate of drug-likeness (QED) is 0.668. The van der Waals surface area contributed by atoms with E-state index in [1.807, 2.05) is 6.92 Å². The predicted octanol–water partition coefficient (Wildman–Crippen LogP) is 2.75. The van der Waals surface area contributed by atoms with Crippen LogP contribution in [0.1, 0.15) is 6.92 Å². The van der Waals surface area contributed by atoms with Crippen molar-refractivity contribution in [2.75, 3.05) is 11.9 Å². The number of hydrogen-bond donors (Lipinski definition) is 1. The number of halogens is 1. The molecule has 0 saturated carbocycles. The number of nitro groups is 1. The maximum Gasteiger partial charge on any atom is 0.349 e. The molecule has 0 atom stereocenters. The van der Waals surface area contributed by atoms with Crippen molar-refractivity contribution < 1.29 is 14.1 Å². The number of anilines is 1. The van der Waals surface area contributed by atoms with Gasteiger partial charge < -0.3 is 10.1 Å². The molecule has 0 radical (unpaired) electrons. The lowest BCUT2D eigenvalue weighted by Gasteiger charge is -2.07. The second kappa shape index (κ2) is 5.91. The molecular weight excluding hydrogens is 267 g/mol. The van der Waals surface area contributed by atoms with Gasteiger partial charge in [-0.2, -0.15) is 4.98 Å². The topological polar surface area (TPSA) is 90.2 Å². The zero-order valence-electron chi connectivity index (χ0n) is 10.5. The number of rotatable bonds is 5.